The molecule has 0 aliphatic carbocycles. The monoisotopic (exact) mass is 158 g/mol. The van der Waals surface area contributed by atoms with Gasteiger partial charge < -0.3 is 10.4 Å². The minimum absolute atomic E-state index is 0.255. The number of aliphatic hydroxyl groups is 1. The van der Waals surface area contributed by atoms with Gasteiger partial charge in [-0.2, -0.15) is 0 Å². The van der Waals surface area contributed by atoms with Crippen LogP contribution in [0.4, 0.5) is 0 Å². The minimum Gasteiger partial charge on any atom is -0.388 e. The van der Waals surface area contributed by atoms with E-state index in [1.165, 1.54) is 0 Å². The van der Waals surface area contributed by atoms with E-state index in [2.05, 4.69) is 5.32 Å². The highest BCUT2D eigenvalue weighted by atomic mass is 16.3. The molecule has 0 saturated carbocycles. The summed E-state index contributed by atoms with van der Waals surface area (Å²) in [4.78, 5) is 10.7. The maximum Gasteiger partial charge on any atom is 0.191 e. The maximum absolute atomic E-state index is 11.1. The molecular weight excluding hydrogens is 146 g/mol. The molecule has 1 saturated heterocycles. The third-order valence-corrected chi connectivity index (χ3v) is 1.94. The molecule has 1 fully saturated rings. The first-order valence-electron chi connectivity index (χ1n) is 3.78. The Hall–Kier alpha value is -0.450. The lowest BCUT2D eigenvalue weighted by Crippen LogP contribution is -2.40. The molecule has 2 atom stereocenters. The van der Waals surface area contributed by atoms with Gasteiger partial charge in [-0.1, -0.05) is 0 Å². The Balaban J connectivity index is 2.39. The van der Waals surface area contributed by atoms with Crippen LogP contribution in [0.5, 0.6) is 0 Å². The Morgan fingerprint density at radius 1 is 1.73 bits per heavy atom. The maximum atomic E-state index is 11.1. The van der Waals surface area contributed by atoms with Crippen LogP contribution in [0.3, 0.4) is 0 Å². The number of hydrogen-bond donors (Lipinski definition) is 2. The molecule has 1 rings (SSSR count). The lowest BCUT2D eigenvalue weighted by atomic mass is 10.1. The van der Waals surface area contributed by atoms with Gasteiger partial charge in [-0.3, -0.25) is 4.79 Å². The lowest BCUT2D eigenvalue weighted by Gasteiger charge is -2.12. The Morgan fingerprint density at radius 3 is 2.91 bits per heavy atom. The summed E-state index contributed by atoms with van der Waals surface area (Å²) in [7, 11) is 0. The average Bonchev–Trinajstić information content (AvgIpc) is 2.53. The van der Waals surface area contributed by atoms with E-state index in [-0.39, 0.29) is 6.04 Å². The Kier molecular flexibility index (Phi) is 2.99. The zero-order valence-corrected chi connectivity index (χ0v) is 6.25. The number of ketones is 1. The van der Waals surface area contributed by atoms with Crippen LogP contribution in [0.25, 0.3) is 0 Å². The van der Waals surface area contributed by atoms with Crippen LogP contribution >= 0.6 is 0 Å². The lowest BCUT2D eigenvalue weighted by molar-refractivity contribution is -0.134. The first-order valence-corrected chi connectivity index (χ1v) is 3.78. The highest BCUT2D eigenvalue weighted by Crippen LogP contribution is 2.09. The molecule has 1 aliphatic heterocycles. The van der Waals surface area contributed by atoms with E-state index in [4.69, 9.17) is 5.11 Å². The molecule has 0 amide bonds. The molecule has 4 nitrogen and oxygen atoms in total. The van der Waals surface area contributed by atoms with E-state index >= 15 is 0 Å². The normalized spacial score (nSPS) is 26.9. The van der Waals surface area contributed by atoms with Gasteiger partial charge in [0.15, 0.2) is 11.9 Å². The van der Waals surface area contributed by atoms with E-state index in [0.717, 1.165) is 19.4 Å². The first kappa shape index (κ1) is 8.64. The molecule has 4 heteroatoms. The van der Waals surface area contributed by atoms with Gasteiger partial charge >= 0.3 is 0 Å². The molecule has 0 aromatic heterocycles. The summed E-state index contributed by atoms with van der Waals surface area (Å²) in [6.45, 7) is 0.175. The standard InChI is InChI=1S/C7H12NO3/c9-4-6(10)7(11)5-2-1-3-8-5/h5,7-9H,1-4H2. The van der Waals surface area contributed by atoms with Crippen molar-refractivity contribution in [3.8, 4) is 0 Å². The van der Waals surface area contributed by atoms with Crippen molar-refractivity contribution in [2.45, 2.75) is 25.0 Å². The summed E-state index contributed by atoms with van der Waals surface area (Å²) < 4.78 is 0. The average molecular weight is 158 g/mol. The summed E-state index contributed by atoms with van der Waals surface area (Å²) in [6, 6.07) is -0.255. The number of aliphatic hydroxyl groups excluding tert-OH is 1. The molecule has 2 unspecified atom stereocenters. The predicted octanol–water partition coefficient (Wildman–Crippen LogP) is -0.901. The molecule has 0 aromatic rings. The van der Waals surface area contributed by atoms with E-state index in [9.17, 15) is 9.90 Å². The molecular formula is C7H12NO3. The molecule has 1 aliphatic rings. The summed E-state index contributed by atoms with van der Waals surface area (Å²) in [5.74, 6) is -0.607. The van der Waals surface area contributed by atoms with Crippen molar-refractivity contribution in [3.63, 3.8) is 0 Å². The fourth-order valence-electron chi connectivity index (χ4n) is 1.28. The molecule has 0 spiro atoms. The van der Waals surface area contributed by atoms with E-state index < -0.39 is 18.5 Å². The van der Waals surface area contributed by atoms with Gasteiger partial charge in [-0.15, -0.1) is 0 Å². The Bertz CT molecular complexity index is 143. The van der Waals surface area contributed by atoms with Gasteiger partial charge in [0.1, 0.15) is 6.61 Å². The zero-order valence-electron chi connectivity index (χ0n) is 6.25. The highest BCUT2D eigenvalue weighted by molar-refractivity contribution is 5.84. The molecule has 63 valence electrons. The van der Waals surface area contributed by atoms with Crippen molar-refractivity contribution >= 4 is 5.78 Å². The second kappa shape index (κ2) is 3.80. The van der Waals surface area contributed by atoms with E-state index in [1.54, 1.807) is 0 Å². The second-order valence-corrected chi connectivity index (χ2v) is 2.75. The van der Waals surface area contributed by atoms with Crippen LogP contribution in [0.1, 0.15) is 12.8 Å². The van der Waals surface area contributed by atoms with E-state index in [0.29, 0.717) is 0 Å². The third-order valence-electron chi connectivity index (χ3n) is 1.94. The minimum atomic E-state index is -1.28. The molecule has 1 heterocycles. The summed E-state index contributed by atoms with van der Waals surface area (Å²) in [5, 5.41) is 22.4. The smallest absolute Gasteiger partial charge is 0.191 e. The number of hydrogen-bond acceptors (Lipinski definition) is 3. The second-order valence-electron chi connectivity index (χ2n) is 2.75. The van der Waals surface area contributed by atoms with Crippen molar-refractivity contribution in [3.05, 3.63) is 0 Å². The molecule has 0 aromatic carbocycles. The van der Waals surface area contributed by atoms with Gasteiger partial charge in [0, 0.05) is 6.04 Å². The fourth-order valence-corrected chi connectivity index (χ4v) is 1.28. The van der Waals surface area contributed by atoms with Gasteiger partial charge in [0.2, 0.25) is 0 Å². The largest absolute Gasteiger partial charge is 0.388 e. The molecule has 11 heavy (non-hydrogen) atoms. The summed E-state index contributed by atoms with van der Waals surface area (Å²) in [5.41, 5.74) is 0. The number of carbonyl (C=O) groups excluding carboxylic acids is 1. The molecule has 0 bridgehead atoms. The first-order chi connectivity index (χ1) is 5.25. The number of carbonyl (C=O) groups is 1. The van der Waals surface area contributed by atoms with Crippen molar-refractivity contribution < 1.29 is 15.0 Å². The number of Topliss-reactive ketones (excluding diaryl/α,β-unsaturated/α-hetero) is 1. The van der Waals surface area contributed by atoms with Crippen LogP contribution in [0.15, 0.2) is 0 Å². The van der Waals surface area contributed by atoms with Crippen LogP contribution in [-0.2, 0) is 9.90 Å². The summed E-state index contributed by atoms with van der Waals surface area (Å²) in [6.07, 6.45) is 0.421. The van der Waals surface area contributed by atoms with Crippen LogP contribution in [0.2, 0.25) is 0 Å². The Morgan fingerprint density at radius 2 is 2.45 bits per heavy atom. The van der Waals surface area contributed by atoms with Crippen molar-refractivity contribution in [1.82, 2.24) is 5.32 Å². The van der Waals surface area contributed by atoms with Crippen molar-refractivity contribution in [2.75, 3.05) is 13.2 Å². The fraction of sp³-hybridized carbons (Fsp3) is 0.857. The number of nitrogens with one attached hydrogen (secondary N) is 1. The van der Waals surface area contributed by atoms with Crippen molar-refractivity contribution in [1.29, 1.82) is 0 Å². The van der Waals surface area contributed by atoms with E-state index in [1.807, 2.05) is 0 Å². The SMILES string of the molecule is [O]C(C(=O)CO)C1CCCN1. The molecule has 2 N–H and O–H groups in total. The number of rotatable bonds is 3. The quantitative estimate of drug-likeness (QED) is 0.559. The third kappa shape index (κ3) is 1.99. The topological polar surface area (TPSA) is 69.2 Å². The highest BCUT2D eigenvalue weighted by Gasteiger charge is 2.28. The van der Waals surface area contributed by atoms with Gasteiger partial charge in [0.05, 0.1) is 0 Å². The van der Waals surface area contributed by atoms with Crippen LogP contribution in [0, 0.1) is 0 Å². The van der Waals surface area contributed by atoms with Crippen LogP contribution in [-0.4, -0.2) is 36.2 Å². The predicted molar refractivity (Wildman–Crippen MR) is 37.6 cm³/mol. The van der Waals surface area contributed by atoms with Crippen molar-refractivity contribution in [2.24, 2.45) is 0 Å². The van der Waals surface area contributed by atoms with Crippen LogP contribution < -0.4 is 5.32 Å². The van der Waals surface area contributed by atoms with Gasteiger partial charge in [-0.05, 0) is 19.4 Å². The Labute approximate surface area is 65.2 Å². The van der Waals surface area contributed by atoms with Gasteiger partial charge in [-0.25, -0.2) is 5.11 Å². The zero-order chi connectivity index (χ0) is 8.27. The summed E-state index contributed by atoms with van der Waals surface area (Å²) >= 11 is 0. The molecule has 1 radical (unpaired) electrons. The van der Waals surface area contributed by atoms with Gasteiger partial charge in [0.25, 0.3) is 0 Å².